The van der Waals surface area contributed by atoms with Crippen LogP contribution in [0.15, 0.2) is 18.2 Å². The lowest BCUT2D eigenvalue weighted by Crippen LogP contribution is -2.28. The molecule has 1 N–H and O–H groups in total. The first-order chi connectivity index (χ1) is 10.2. The van der Waals surface area contributed by atoms with Crippen LogP contribution in [0.4, 0.5) is 0 Å². The summed E-state index contributed by atoms with van der Waals surface area (Å²) in [4.78, 5) is 0. The summed E-state index contributed by atoms with van der Waals surface area (Å²) in [6.07, 6.45) is 3.67. The topological polar surface area (TPSA) is 21.3 Å². The van der Waals surface area contributed by atoms with E-state index in [2.05, 4.69) is 56.0 Å². The molecule has 0 fully saturated rings. The predicted octanol–water partition coefficient (Wildman–Crippen LogP) is 4.44. The van der Waals surface area contributed by atoms with Crippen LogP contribution < -0.4 is 10.1 Å². The minimum atomic E-state index is 0.479. The summed E-state index contributed by atoms with van der Waals surface area (Å²) < 4.78 is 5.41. The van der Waals surface area contributed by atoms with Gasteiger partial charge in [-0.15, -0.1) is 0 Å². The highest BCUT2D eigenvalue weighted by Crippen LogP contribution is 2.40. The van der Waals surface area contributed by atoms with Gasteiger partial charge in [0.2, 0.25) is 0 Å². The van der Waals surface area contributed by atoms with Gasteiger partial charge in [0.1, 0.15) is 5.75 Å². The predicted molar refractivity (Wildman–Crippen MR) is 93.4 cm³/mol. The van der Waals surface area contributed by atoms with E-state index >= 15 is 0 Å². The van der Waals surface area contributed by atoms with Gasteiger partial charge in [0.15, 0.2) is 0 Å². The molecule has 118 valence electrons. The summed E-state index contributed by atoms with van der Waals surface area (Å²) in [6, 6.07) is 7.05. The van der Waals surface area contributed by atoms with Crippen molar-refractivity contribution in [2.75, 3.05) is 19.4 Å². The molecule has 2 rings (SSSR count). The van der Waals surface area contributed by atoms with Crippen molar-refractivity contribution in [3.8, 4) is 5.75 Å². The van der Waals surface area contributed by atoms with Crippen LogP contribution in [0.25, 0.3) is 0 Å². The molecule has 21 heavy (non-hydrogen) atoms. The third kappa shape index (κ3) is 4.40. The second-order valence-corrected chi connectivity index (χ2v) is 7.64. The Bertz CT molecular complexity index is 447. The molecule has 1 aliphatic rings. The van der Waals surface area contributed by atoms with E-state index in [0.29, 0.717) is 11.3 Å². The minimum Gasteiger partial charge on any atom is -0.497 e. The Morgan fingerprint density at radius 1 is 1.38 bits per heavy atom. The molecule has 2 atom stereocenters. The Hall–Kier alpha value is -0.670. The third-order valence-electron chi connectivity index (χ3n) is 4.12. The summed E-state index contributed by atoms with van der Waals surface area (Å²) in [5.41, 5.74) is 2.94. The molecule has 1 aromatic rings. The van der Waals surface area contributed by atoms with Gasteiger partial charge in [0, 0.05) is 11.3 Å². The lowest BCUT2D eigenvalue weighted by atomic mass is 10.1. The first kappa shape index (κ1) is 16.7. The van der Waals surface area contributed by atoms with Crippen LogP contribution in [0.1, 0.15) is 50.8 Å². The average Bonchev–Trinajstić information content (AvgIpc) is 2.81. The zero-order chi connectivity index (χ0) is 15.2. The van der Waals surface area contributed by atoms with Crippen LogP contribution in [0.2, 0.25) is 0 Å². The summed E-state index contributed by atoms with van der Waals surface area (Å²) in [5, 5.41) is 4.41. The van der Waals surface area contributed by atoms with Gasteiger partial charge in [-0.1, -0.05) is 26.8 Å². The monoisotopic (exact) mass is 307 g/mol. The van der Waals surface area contributed by atoms with Gasteiger partial charge in [0.05, 0.1) is 7.11 Å². The SMILES string of the molecule is CCCNC1c2cc(OC)ccc2CC1SCCC(C)C. The molecule has 1 aromatic carbocycles. The summed E-state index contributed by atoms with van der Waals surface area (Å²) in [6.45, 7) is 7.93. The second-order valence-electron chi connectivity index (χ2n) is 6.29. The highest BCUT2D eigenvalue weighted by Gasteiger charge is 2.32. The van der Waals surface area contributed by atoms with Gasteiger partial charge in [-0.05, 0) is 60.7 Å². The van der Waals surface area contributed by atoms with Crippen LogP contribution in [0.3, 0.4) is 0 Å². The number of thioether (sulfide) groups is 1. The smallest absolute Gasteiger partial charge is 0.119 e. The fourth-order valence-corrected chi connectivity index (χ4v) is 4.50. The molecule has 0 spiro atoms. The van der Waals surface area contributed by atoms with E-state index in [0.717, 1.165) is 18.2 Å². The zero-order valence-electron chi connectivity index (χ0n) is 13.8. The first-order valence-electron chi connectivity index (χ1n) is 8.17. The Labute approximate surface area is 134 Å². The molecule has 2 unspecified atom stereocenters. The van der Waals surface area contributed by atoms with E-state index in [9.17, 15) is 0 Å². The van der Waals surface area contributed by atoms with Gasteiger partial charge in [-0.25, -0.2) is 0 Å². The lowest BCUT2D eigenvalue weighted by Gasteiger charge is -2.22. The number of ether oxygens (including phenoxy) is 1. The van der Waals surface area contributed by atoms with E-state index < -0.39 is 0 Å². The van der Waals surface area contributed by atoms with Crippen molar-refractivity contribution < 1.29 is 4.74 Å². The molecule has 2 nitrogen and oxygen atoms in total. The van der Waals surface area contributed by atoms with Crippen molar-refractivity contribution in [2.45, 2.75) is 51.3 Å². The van der Waals surface area contributed by atoms with E-state index in [1.165, 1.54) is 36.1 Å². The maximum atomic E-state index is 5.41. The standard InChI is InChI=1S/C18H29NOS/c1-5-9-19-18-16-12-15(20-4)7-6-14(16)11-17(18)21-10-8-13(2)3/h6-7,12-13,17-19H,5,8-11H2,1-4H3. The molecule has 0 aliphatic heterocycles. The highest BCUT2D eigenvalue weighted by atomic mass is 32.2. The van der Waals surface area contributed by atoms with Crippen molar-refractivity contribution >= 4 is 11.8 Å². The van der Waals surface area contributed by atoms with Gasteiger partial charge >= 0.3 is 0 Å². The van der Waals surface area contributed by atoms with E-state index in [4.69, 9.17) is 4.74 Å². The first-order valence-corrected chi connectivity index (χ1v) is 9.22. The number of nitrogens with one attached hydrogen (secondary N) is 1. The van der Waals surface area contributed by atoms with E-state index in [1.807, 2.05) is 0 Å². The van der Waals surface area contributed by atoms with Crippen molar-refractivity contribution in [3.63, 3.8) is 0 Å². The quantitative estimate of drug-likeness (QED) is 0.767. The highest BCUT2D eigenvalue weighted by molar-refractivity contribution is 7.99. The third-order valence-corrected chi connectivity index (χ3v) is 5.46. The molecular weight excluding hydrogens is 278 g/mol. The average molecular weight is 308 g/mol. The maximum absolute atomic E-state index is 5.41. The molecule has 0 radical (unpaired) electrons. The van der Waals surface area contributed by atoms with Crippen molar-refractivity contribution in [2.24, 2.45) is 5.92 Å². The van der Waals surface area contributed by atoms with Crippen molar-refractivity contribution in [1.29, 1.82) is 0 Å². The molecular formula is C18H29NOS. The molecule has 1 aliphatic carbocycles. The fraction of sp³-hybridized carbons (Fsp3) is 0.667. The zero-order valence-corrected chi connectivity index (χ0v) is 14.6. The Morgan fingerprint density at radius 2 is 2.19 bits per heavy atom. The number of methoxy groups -OCH3 is 1. The van der Waals surface area contributed by atoms with Gasteiger partial charge in [-0.2, -0.15) is 11.8 Å². The molecule has 0 heterocycles. The molecule has 0 amide bonds. The minimum absolute atomic E-state index is 0.479. The van der Waals surface area contributed by atoms with Crippen molar-refractivity contribution in [1.82, 2.24) is 5.32 Å². The maximum Gasteiger partial charge on any atom is 0.119 e. The van der Waals surface area contributed by atoms with Crippen LogP contribution in [0, 0.1) is 5.92 Å². The Balaban J connectivity index is 2.08. The number of hydrogen-bond acceptors (Lipinski definition) is 3. The molecule has 0 saturated carbocycles. The van der Waals surface area contributed by atoms with Gasteiger partial charge in [-0.3, -0.25) is 0 Å². The van der Waals surface area contributed by atoms with E-state index in [1.54, 1.807) is 7.11 Å². The fourth-order valence-electron chi connectivity index (χ4n) is 2.86. The summed E-state index contributed by atoms with van der Waals surface area (Å²) in [7, 11) is 1.75. The molecule has 0 bridgehead atoms. The molecule has 0 saturated heterocycles. The number of benzene rings is 1. The van der Waals surface area contributed by atoms with E-state index in [-0.39, 0.29) is 0 Å². The summed E-state index contributed by atoms with van der Waals surface area (Å²) in [5.74, 6) is 3.03. The lowest BCUT2D eigenvalue weighted by molar-refractivity contribution is 0.413. The summed E-state index contributed by atoms with van der Waals surface area (Å²) >= 11 is 2.14. The van der Waals surface area contributed by atoms with Crippen LogP contribution in [-0.4, -0.2) is 24.7 Å². The van der Waals surface area contributed by atoms with Crippen LogP contribution >= 0.6 is 11.8 Å². The normalized spacial score (nSPS) is 20.8. The Kier molecular flexibility index (Phi) is 6.43. The molecule has 0 aromatic heterocycles. The van der Waals surface area contributed by atoms with Gasteiger partial charge < -0.3 is 10.1 Å². The van der Waals surface area contributed by atoms with Crippen LogP contribution in [0.5, 0.6) is 5.75 Å². The second kappa shape index (κ2) is 8.09. The Morgan fingerprint density at radius 3 is 2.86 bits per heavy atom. The number of rotatable bonds is 8. The number of hydrogen-bond donors (Lipinski definition) is 1. The van der Waals surface area contributed by atoms with Crippen LogP contribution in [-0.2, 0) is 6.42 Å². The van der Waals surface area contributed by atoms with Crippen molar-refractivity contribution in [3.05, 3.63) is 29.3 Å². The largest absolute Gasteiger partial charge is 0.497 e. The number of fused-ring (bicyclic) bond motifs is 1. The van der Waals surface area contributed by atoms with Gasteiger partial charge in [0.25, 0.3) is 0 Å². The molecule has 3 heteroatoms.